The van der Waals surface area contributed by atoms with Crippen molar-refractivity contribution in [3.8, 4) is 0 Å². The second-order valence-corrected chi connectivity index (χ2v) is 7.20. The predicted octanol–water partition coefficient (Wildman–Crippen LogP) is 1.32. The zero-order valence-electron chi connectivity index (χ0n) is 17.2. The number of hydrogen-bond acceptors (Lipinski definition) is 6. The second kappa shape index (κ2) is 10.7. The molecule has 4 rings (SSSR count). The maximum absolute atomic E-state index is 5.41. The number of guanidine groups is 1. The summed E-state index contributed by atoms with van der Waals surface area (Å²) >= 11 is 0. The molecule has 0 aliphatic carbocycles. The number of nitrogens with zero attached hydrogens (tertiary/aromatic N) is 5. The quantitative estimate of drug-likeness (QED) is 0.312. The van der Waals surface area contributed by atoms with E-state index in [0.29, 0.717) is 6.54 Å². The van der Waals surface area contributed by atoms with Gasteiger partial charge >= 0.3 is 0 Å². The molecule has 160 valence electrons. The van der Waals surface area contributed by atoms with Crippen LogP contribution in [0.2, 0.25) is 0 Å². The maximum atomic E-state index is 5.41. The van der Waals surface area contributed by atoms with E-state index in [1.807, 2.05) is 40.9 Å². The average molecular weight is 412 g/mol. The van der Waals surface area contributed by atoms with Gasteiger partial charge in [0.05, 0.1) is 19.5 Å². The smallest absolute Gasteiger partial charge is 0.191 e. The summed E-state index contributed by atoms with van der Waals surface area (Å²) in [7, 11) is 0. The summed E-state index contributed by atoms with van der Waals surface area (Å²) in [5, 5.41) is 15.3. The fourth-order valence-corrected chi connectivity index (χ4v) is 3.42. The van der Waals surface area contributed by atoms with E-state index in [1.54, 1.807) is 6.26 Å². The lowest BCUT2D eigenvalue weighted by atomic mass is 10.3. The lowest BCUT2D eigenvalue weighted by Gasteiger charge is -2.26. The first kappa shape index (κ1) is 20.4. The van der Waals surface area contributed by atoms with Gasteiger partial charge in [-0.05, 0) is 37.2 Å². The molecule has 0 bridgehead atoms. The van der Waals surface area contributed by atoms with Crippen LogP contribution in [0.5, 0.6) is 0 Å². The first-order valence-corrected chi connectivity index (χ1v) is 10.5. The summed E-state index contributed by atoms with van der Waals surface area (Å²) < 4.78 is 12.8. The minimum Gasteiger partial charge on any atom is -0.469 e. The Morgan fingerprint density at radius 3 is 2.83 bits per heavy atom. The van der Waals surface area contributed by atoms with Crippen molar-refractivity contribution >= 4 is 11.6 Å². The molecule has 0 unspecified atom stereocenters. The second-order valence-electron chi connectivity index (χ2n) is 7.20. The van der Waals surface area contributed by atoms with Gasteiger partial charge in [0.15, 0.2) is 17.4 Å². The number of aliphatic imine (C=N–C) groups is 1. The van der Waals surface area contributed by atoms with Gasteiger partial charge in [0.25, 0.3) is 0 Å². The highest BCUT2D eigenvalue weighted by atomic mass is 16.5. The zero-order chi connectivity index (χ0) is 20.4. The van der Waals surface area contributed by atoms with Crippen molar-refractivity contribution in [3.63, 3.8) is 0 Å². The third-order valence-electron chi connectivity index (χ3n) is 5.05. The molecule has 3 aromatic heterocycles. The number of fused-ring (bicyclic) bond motifs is 1. The molecule has 0 atom stereocenters. The molecule has 4 heterocycles. The van der Waals surface area contributed by atoms with E-state index in [0.717, 1.165) is 82.0 Å². The van der Waals surface area contributed by atoms with Gasteiger partial charge in [-0.15, -0.1) is 10.2 Å². The predicted molar refractivity (Wildman–Crippen MR) is 114 cm³/mol. The van der Waals surface area contributed by atoms with Crippen molar-refractivity contribution in [2.45, 2.75) is 19.4 Å². The van der Waals surface area contributed by atoms with E-state index in [4.69, 9.17) is 14.1 Å². The zero-order valence-corrected chi connectivity index (χ0v) is 17.2. The van der Waals surface area contributed by atoms with E-state index >= 15 is 0 Å². The van der Waals surface area contributed by atoms with Crippen LogP contribution in [0, 0.1) is 0 Å². The monoisotopic (exact) mass is 411 g/mol. The number of hydrogen-bond donors (Lipinski definition) is 2. The van der Waals surface area contributed by atoms with Crippen LogP contribution in [0.4, 0.5) is 0 Å². The van der Waals surface area contributed by atoms with Gasteiger partial charge in [0.2, 0.25) is 0 Å². The molecule has 9 nitrogen and oxygen atoms in total. The van der Waals surface area contributed by atoms with Crippen LogP contribution in [0.15, 0.2) is 52.2 Å². The van der Waals surface area contributed by atoms with Crippen LogP contribution < -0.4 is 10.6 Å². The summed E-state index contributed by atoms with van der Waals surface area (Å²) in [5.74, 6) is 2.54. The maximum Gasteiger partial charge on any atom is 0.191 e. The van der Waals surface area contributed by atoms with Crippen LogP contribution in [-0.2, 0) is 17.7 Å². The Labute approximate surface area is 176 Å². The third kappa shape index (κ3) is 5.80. The van der Waals surface area contributed by atoms with Crippen molar-refractivity contribution in [1.29, 1.82) is 0 Å². The Hall–Kier alpha value is -2.91. The van der Waals surface area contributed by atoms with Crippen LogP contribution in [0.25, 0.3) is 5.65 Å². The number of pyridine rings is 1. The Bertz CT molecular complexity index is 916. The summed E-state index contributed by atoms with van der Waals surface area (Å²) in [6, 6.07) is 9.75. The molecule has 9 heteroatoms. The van der Waals surface area contributed by atoms with Gasteiger partial charge < -0.3 is 19.8 Å². The van der Waals surface area contributed by atoms with Crippen LogP contribution in [-0.4, -0.2) is 71.4 Å². The molecule has 0 radical (unpaired) electrons. The highest BCUT2D eigenvalue weighted by molar-refractivity contribution is 5.79. The molecule has 30 heavy (non-hydrogen) atoms. The van der Waals surface area contributed by atoms with E-state index in [-0.39, 0.29) is 0 Å². The summed E-state index contributed by atoms with van der Waals surface area (Å²) in [6.07, 6.45) is 5.51. The highest BCUT2D eigenvalue weighted by Crippen LogP contribution is 2.04. The molecule has 1 saturated heterocycles. The molecule has 2 N–H and O–H groups in total. The number of aromatic nitrogens is 3. The fraction of sp³-hybridized carbons (Fsp3) is 0.476. The van der Waals surface area contributed by atoms with Gasteiger partial charge in [-0.2, -0.15) is 0 Å². The molecular formula is C21H29N7O2. The van der Waals surface area contributed by atoms with Gasteiger partial charge in [-0.3, -0.25) is 9.30 Å². The molecule has 0 saturated carbocycles. The van der Waals surface area contributed by atoms with Gasteiger partial charge in [0.1, 0.15) is 12.3 Å². The van der Waals surface area contributed by atoms with Crippen molar-refractivity contribution in [1.82, 2.24) is 30.1 Å². The van der Waals surface area contributed by atoms with Gasteiger partial charge in [-0.1, -0.05) is 6.07 Å². The van der Waals surface area contributed by atoms with E-state index in [1.165, 1.54) is 0 Å². The SMILES string of the molecule is c1coc(CCNC(=NCc2nnc3ccccn23)NCCCN2CCOCC2)c1. The molecule has 3 aromatic rings. The van der Waals surface area contributed by atoms with Crippen molar-refractivity contribution in [2.24, 2.45) is 4.99 Å². The van der Waals surface area contributed by atoms with Crippen LogP contribution >= 0.6 is 0 Å². The number of furan rings is 1. The van der Waals surface area contributed by atoms with Crippen molar-refractivity contribution in [2.75, 3.05) is 45.9 Å². The Morgan fingerprint density at radius 2 is 1.97 bits per heavy atom. The Kier molecular flexibility index (Phi) is 7.30. The molecular weight excluding hydrogens is 382 g/mol. The van der Waals surface area contributed by atoms with E-state index < -0.39 is 0 Å². The van der Waals surface area contributed by atoms with Crippen molar-refractivity contribution in [3.05, 3.63) is 54.4 Å². The summed E-state index contributed by atoms with van der Waals surface area (Å²) in [4.78, 5) is 7.17. The third-order valence-corrected chi connectivity index (χ3v) is 5.05. The fourth-order valence-electron chi connectivity index (χ4n) is 3.42. The van der Waals surface area contributed by atoms with Gasteiger partial charge in [-0.25, -0.2) is 4.99 Å². The standard InChI is InChI=1S/C21H29N7O2/c1-2-11-28-19(6-1)25-26-20(28)17-24-21(23-9-7-18-5-3-14-30-18)22-8-4-10-27-12-15-29-16-13-27/h1-3,5-6,11,14H,4,7-10,12-13,15-17H2,(H2,22,23,24). The lowest BCUT2D eigenvalue weighted by Crippen LogP contribution is -2.41. The first-order chi connectivity index (χ1) is 14.9. The number of nitrogens with one attached hydrogen (secondary N) is 2. The molecule has 0 spiro atoms. The average Bonchev–Trinajstić information content (AvgIpc) is 3.45. The summed E-state index contributed by atoms with van der Waals surface area (Å²) in [5.41, 5.74) is 0.827. The van der Waals surface area contributed by atoms with Gasteiger partial charge in [0, 0.05) is 38.8 Å². The Balaban J connectivity index is 1.31. The first-order valence-electron chi connectivity index (χ1n) is 10.5. The molecule has 0 aromatic carbocycles. The van der Waals surface area contributed by atoms with Crippen molar-refractivity contribution < 1.29 is 9.15 Å². The molecule has 1 aliphatic heterocycles. The molecule has 1 aliphatic rings. The number of ether oxygens (including phenoxy) is 1. The highest BCUT2D eigenvalue weighted by Gasteiger charge is 2.10. The molecule has 1 fully saturated rings. The normalized spacial score (nSPS) is 15.5. The van der Waals surface area contributed by atoms with E-state index in [9.17, 15) is 0 Å². The lowest BCUT2D eigenvalue weighted by molar-refractivity contribution is 0.0376. The topological polar surface area (TPSA) is 92.2 Å². The minimum atomic E-state index is 0.449. The largest absolute Gasteiger partial charge is 0.469 e. The summed E-state index contributed by atoms with van der Waals surface area (Å²) in [6.45, 7) is 6.80. The van der Waals surface area contributed by atoms with Crippen LogP contribution in [0.1, 0.15) is 18.0 Å². The van der Waals surface area contributed by atoms with Crippen LogP contribution in [0.3, 0.4) is 0 Å². The van der Waals surface area contributed by atoms with E-state index in [2.05, 4.69) is 25.7 Å². The number of rotatable bonds is 9. The number of morpholine rings is 1. The molecule has 0 amide bonds. The minimum absolute atomic E-state index is 0.449. The Morgan fingerprint density at radius 1 is 1.07 bits per heavy atom.